The number of nitrogens with one attached hydrogen (secondary N) is 1. The fraction of sp³-hybridized carbons (Fsp3) is 0.500. The number of aryl methyl sites for hydroxylation is 1. The zero-order valence-electron chi connectivity index (χ0n) is 12.5. The van der Waals surface area contributed by atoms with E-state index in [4.69, 9.17) is 4.74 Å². The van der Waals surface area contributed by atoms with E-state index in [0.29, 0.717) is 31.9 Å². The number of nitrogens with zero attached hydrogens (tertiary/aromatic N) is 1. The monoisotopic (exact) mass is 330 g/mol. The molecule has 1 fully saturated rings. The van der Waals surface area contributed by atoms with E-state index in [9.17, 15) is 17.6 Å². The van der Waals surface area contributed by atoms with E-state index < -0.39 is 21.9 Å². The fourth-order valence-corrected chi connectivity index (χ4v) is 3.74. The number of hydrogen-bond donors (Lipinski definition) is 1. The van der Waals surface area contributed by atoms with Crippen LogP contribution in [0.25, 0.3) is 0 Å². The van der Waals surface area contributed by atoms with Crippen LogP contribution >= 0.6 is 0 Å². The Morgan fingerprint density at radius 1 is 1.36 bits per heavy atom. The number of morpholine rings is 1. The van der Waals surface area contributed by atoms with Gasteiger partial charge in [-0.1, -0.05) is 0 Å². The van der Waals surface area contributed by atoms with E-state index >= 15 is 0 Å². The van der Waals surface area contributed by atoms with Crippen LogP contribution < -0.4 is 4.72 Å². The van der Waals surface area contributed by atoms with Crippen molar-refractivity contribution < 1.29 is 22.3 Å². The summed E-state index contributed by atoms with van der Waals surface area (Å²) in [5.74, 6) is -0.805. The van der Waals surface area contributed by atoms with Crippen molar-refractivity contribution in [2.75, 3.05) is 26.3 Å². The minimum absolute atomic E-state index is 0.0319. The summed E-state index contributed by atoms with van der Waals surface area (Å²) in [6.45, 7) is 4.78. The number of sulfonamides is 1. The first kappa shape index (κ1) is 16.9. The van der Waals surface area contributed by atoms with Gasteiger partial charge < -0.3 is 9.64 Å². The van der Waals surface area contributed by atoms with Crippen LogP contribution in [0.5, 0.6) is 0 Å². The predicted octanol–water partition coefficient (Wildman–Crippen LogP) is 0.660. The second kappa shape index (κ2) is 6.72. The zero-order chi connectivity index (χ0) is 16.3. The third-order valence-electron chi connectivity index (χ3n) is 3.45. The van der Waals surface area contributed by atoms with Crippen molar-refractivity contribution in [3.63, 3.8) is 0 Å². The SMILES string of the molecule is Cc1cc(F)ccc1S(=O)(=O)NC(C)C(=O)N1CCOCC1. The largest absolute Gasteiger partial charge is 0.378 e. The molecule has 1 N–H and O–H groups in total. The van der Waals surface area contributed by atoms with Crippen LogP contribution in [0.4, 0.5) is 4.39 Å². The summed E-state index contributed by atoms with van der Waals surface area (Å²) in [6, 6.07) is 2.52. The second-order valence-electron chi connectivity index (χ2n) is 5.19. The molecule has 0 saturated carbocycles. The van der Waals surface area contributed by atoms with Crippen LogP contribution in [0.3, 0.4) is 0 Å². The van der Waals surface area contributed by atoms with E-state index in [0.717, 1.165) is 12.1 Å². The highest BCUT2D eigenvalue weighted by atomic mass is 32.2. The van der Waals surface area contributed by atoms with E-state index in [1.165, 1.54) is 19.9 Å². The number of ether oxygens (including phenoxy) is 1. The van der Waals surface area contributed by atoms with Gasteiger partial charge in [0, 0.05) is 13.1 Å². The van der Waals surface area contributed by atoms with Gasteiger partial charge in [-0.15, -0.1) is 0 Å². The van der Waals surface area contributed by atoms with Crippen LogP contribution in [0.1, 0.15) is 12.5 Å². The minimum atomic E-state index is -3.89. The van der Waals surface area contributed by atoms with Crippen LogP contribution in [0.2, 0.25) is 0 Å². The van der Waals surface area contributed by atoms with E-state index in [2.05, 4.69) is 4.72 Å². The second-order valence-corrected chi connectivity index (χ2v) is 6.87. The molecule has 1 aliphatic heterocycles. The van der Waals surface area contributed by atoms with E-state index in [1.54, 1.807) is 4.90 Å². The summed E-state index contributed by atoms with van der Waals surface area (Å²) in [4.78, 5) is 13.8. The third kappa shape index (κ3) is 3.82. The molecule has 8 heteroatoms. The molecule has 0 aliphatic carbocycles. The lowest BCUT2D eigenvalue weighted by molar-refractivity contribution is -0.136. The van der Waals surface area contributed by atoms with Crippen molar-refractivity contribution in [1.82, 2.24) is 9.62 Å². The summed E-state index contributed by atoms with van der Waals surface area (Å²) >= 11 is 0. The highest BCUT2D eigenvalue weighted by molar-refractivity contribution is 7.89. The maximum atomic E-state index is 13.1. The van der Waals surface area contributed by atoms with Gasteiger partial charge in [0.05, 0.1) is 24.2 Å². The van der Waals surface area contributed by atoms with Crippen LogP contribution in [-0.4, -0.2) is 51.6 Å². The Balaban J connectivity index is 2.12. The topological polar surface area (TPSA) is 75.7 Å². The highest BCUT2D eigenvalue weighted by Gasteiger charge is 2.27. The Hall–Kier alpha value is -1.51. The first-order valence-electron chi connectivity index (χ1n) is 6.96. The average molecular weight is 330 g/mol. The van der Waals surface area contributed by atoms with Crippen LogP contribution in [0.15, 0.2) is 23.1 Å². The van der Waals surface area contributed by atoms with E-state index in [1.807, 2.05) is 0 Å². The first-order valence-corrected chi connectivity index (χ1v) is 8.44. The van der Waals surface area contributed by atoms with Crippen LogP contribution in [-0.2, 0) is 19.6 Å². The standard InChI is InChI=1S/C14H19FN2O4S/c1-10-9-12(15)3-4-13(10)22(19,20)16-11(2)14(18)17-5-7-21-8-6-17/h3-4,9,11,16H,5-8H2,1-2H3. The molecule has 1 saturated heterocycles. The Labute approximate surface area is 129 Å². The number of rotatable bonds is 4. The maximum Gasteiger partial charge on any atom is 0.241 e. The molecule has 6 nitrogen and oxygen atoms in total. The number of amides is 1. The van der Waals surface area contributed by atoms with Gasteiger partial charge in [0.15, 0.2) is 0 Å². The van der Waals surface area contributed by atoms with Gasteiger partial charge in [0.1, 0.15) is 5.82 Å². The molecule has 1 unspecified atom stereocenters. The summed E-state index contributed by atoms with van der Waals surface area (Å²) in [7, 11) is -3.89. The van der Waals surface area contributed by atoms with Gasteiger partial charge in [0.25, 0.3) is 0 Å². The summed E-state index contributed by atoms with van der Waals surface area (Å²) in [6.07, 6.45) is 0. The molecule has 22 heavy (non-hydrogen) atoms. The number of halogens is 1. The maximum absolute atomic E-state index is 13.1. The average Bonchev–Trinajstić information content (AvgIpc) is 2.46. The number of carbonyl (C=O) groups excluding carboxylic acids is 1. The first-order chi connectivity index (χ1) is 10.3. The van der Waals surface area contributed by atoms with Gasteiger partial charge >= 0.3 is 0 Å². The van der Waals surface area contributed by atoms with Crippen molar-refractivity contribution in [1.29, 1.82) is 0 Å². The summed E-state index contributed by atoms with van der Waals surface area (Å²) in [5, 5.41) is 0. The van der Waals surface area contributed by atoms with Gasteiger partial charge in [-0.2, -0.15) is 4.72 Å². The van der Waals surface area contributed by atoms with E-state index in [-0.39, 0.29) is 10.8 Å². The predicted molar refractivity (Wildman–Crippen MR) is 78.3 cm³/mol. The van der Waals surface area contributed by atoms with Gasteiger partial charge in [0.2, 0.25) is 15.9 Å². The van der Waals surface area contributed by atoms with Crippen molar-refractivity contribution in [3.05, 3.63) is 29.6 Å². The van der Waals surface area contributed by atoms with Crippen LogP contribution in [0, 0.1) is 12.7 Å². The van der Waals surface area contributed by atoms with Crippen molar-refractivity contribution >= 4 is 15.9 Å². The molecular weight excluding hydrogens is 311 g/mol. The summed E-state index contributed by atoms with van der Waals surface area (Å²) < 4.78 is 45.3. The molecule has 1 heterocycles. The summed E-state index contributed by atoms with van der Waals surface area (Å²) in [5.41, 5.74) is 0.290. The third-order valence-corrected chi connectivity index (χ3v) is 5.15. The Kier molecular flexibility index (Phi) is 5.15. The molecule has 0 spiro atoms. The lowest BCUT2D eigenvalue weighted by Crippen LogP contribution is -2.50. The normalized spacial score (nSPS) is 17.3. The Bertz CT molecular complexity index is 657. The molecule has 1 aromatic rings. The molecule has 2 rings (SSSR count). The fourth-order valence-electron chi connectivity index (χ4n) is 2.32. The molecule has 122 valence electrons. The number of benzene rings is 1. The number of carbonyl (C=O) groups is 1. The van der Waals surface area contributed by atoms with Gasteiger partial charge in [-0.3, -0.25) is 4.79 Å². The highest BCUT2D eigenvalue weighted by Crippen LogP contribution is 2.16. The van der Waals surface area contributed by atoms with Crippen molar-refractivity contribution in [2.45, 2.75) is 24.8 Å². The minimum Gasteiger partial charge on any atom is -0.378 e. The molecule has 1 aliphatic rings. The lowest BCUT2D eigenvalue weighted by atomic mass is 10.2. The van der Waals surface area contributed by atoms with Gasteiger partial charge in [-0.05, 0) is 37.6 Å². The molecule has 0 aromatic heterocycles. The smallest absolute Gasteiger partial charge is 0.241 e. The molecule has 1 atom stereocenters. The zero-order valence-corrected chi connectivity index (χ0v) is 13.3. The Morgan fingerprint density at radius 2 is 2.00 bits per heavy atom. The lowest BCUT2D eigenvalue weighted by Gasteiger charge is -2.29. The molecule has 1 aromatic carbocycles. The number of hydrogen-bond acceptors (Lipinski definition) is 4. The molecular formula is C14H19FN2O4S. The molecule has 0 bridgehead atoms. The Morgan fingerprint density at radius 3 is 2.59 bits per heavy atom. The molecule has 0 radical (unpaired) electrons. The molecule has 1 amide bonds. The van der Waals surface area contributed by atoms with Crippen molar-refractivity contribution in [2.24, 2.45) is 0 Å². The van der Waals surface area contributed by atoms with Gasteiger partial charge in [-0.25, -0.2) is 12.8 Å². The quantitative estimate of drug-likeness (QED) is 0.880. The van der Waals surface area contributed by atoms with Crippen molar-refractivity contribution in [3.8, 4) is 0 Å².